The molecule has 0 saturated carbocycles. The number of likely N-dealkylation sites (tertiary alicyclic amines) is 1. The summed E-state index contributed by atoms with van der Waals surface area (Å²) in [5.41, 5.74) is 1.39. The van der Waals surface area contributed by atoms with E-state index in [2.05, 4.69) is 28.6 Å². The van der Waals surface area contributed by atoms with Crippen LogP contribution in [0.1, 0.15) is 21.0 Å². The number of hydrogen-bond donors (Lipinski definition) is 1. The van der Waals surface area contributed by atoms with E-state index in [0.717, 1.165) is 32.8 Å². The number of nitrogens with one attached hydrogen (secondary N) is 1. The predicted octanol–water partition coefficient (Wildman–Crippen LogP) is 2.53. The molecule has 2 aliphatic heterocycles. The molecule has 2 aromatic rings. The Morgan fingerprint density at radius 1 is 1.50 bits per heavy atom. The molecule has 128 valence electrons. The second-order valence-electron chi connectivity index (χ2n) is 6.93. The van der Waals surface area contributed by atoms with Gasteiger partial charge in [0.15, 0.2) is 5.76 Å². The van der Waals surface area contributed by atoms with Crippen molar-refractivity contribution in [1.29, 1.82) is 0 Å². The lowest BCUT2D eigenvalue weighted by atomic mass is 9.81. The molecule has 1 N–H and O–H groups in total. The van der Waals surface area contributed by atoms with Gasteiger partial charge in [-0.2, -0.15) is 0 Å². The molecule has 0 radical (unpaired) electrons. The fourth-order valence-corrected chi connectivity index (χ4v) is 4.78. The first kappa shape index (κ1) is 15.9. The lowest BCUT2D eigenvalue weighted by Gasteiger charge is -2.27. The van der Waals surface area contributed by atoms with Gasteiger partial charge in [0, 0.05) is 42.4 Å². The molecule has 5 nitrogen and oxygen atoms in total. The number of furan rings is 1. The van der Waals surface area contributed by atoms with Crippen molar-refractivity contribution in [2.45, 2.75) is 13.5 Å². The molecule has 0 bridgehead atoms. The Morgan fingerprint density at radius 2 is 2.42 bits per heavy atom. The molecule has 1 amide bonds. The summed E-state index contributed by atoms with van der Waals surface area (Å²) in [6.07, 6.45) is 1.52. The van der Waals surface area contributed by atoms with Crippen molar-refractivity contribution >= 4 is 17.2 Å². The van der Waals surface area contributed by atoms with Crippen molar-refractivity contribution in [3.63, 3.8) is 0 Å². The van der Waals surface area contributed by atoms with Crippen LogP contribution in [0.3, 0.4) is 0 Å². The van der Waals surface area contributed by atoms with E-state index >= 15 is 0 Å². The van der Waals surface area contributed by atoms with E-state index in [1.807, 2.05) is 11.3 Å². The molecule has 0 unspecified atom stereocenters. The lowest BCUT2D eigenvalue weighted by molar-refractivity contribution is 0.0878. The van der Waals surface area contributed by atoms with Crippen LogP contribution >= 0.6 is 11.3 Å². The van der Waals surface area contributed by atoms with Gasteiger partial charge in [-0.3, -0.25) is 9.69 Å². The Balaban J connectivity index is 1.41. The number of fused-ring (bicyclic) bond motifs is 1. The van der Waals surface area contributed by atoms with Crippen LogP contribution in [0.5, 0.6) is 0 Å². The summed E-state index contributed by atoms with van der Waals surface area (Å²) in [5, 5.41) is 5.20. The van der Waals surface area contributed by atoms with Crippen LogP contribution in [0.4, 0.5) is 0 Å². The van der Waals surface area contributed by atoms with Crippen molar-refractivity contribution < 1.29 is 13.9 Å². The van der Waals surface area contributed by atoms with Gasteiger partial charge in [0.1, 0.15) is 0 Å². The SMILES string of the molecule is Cc1ccsc1CN1C[C@@H]2COC[C@]2(CNC(=O)c2ccco2)C1. The van der Waals surface area contributed by atoms with E-state index in [9.17, 15) is 4.79 Å². The fraction of sp³-hybridized carbons (Fsp3) is 0.500. The first-order valence-electron chi connectivity index (χ1n) is 8.31. The summed E-state index contributed by atoms with van der Waals surface area (Å²) < 4.78 is 10.9. The minimum Gasteiger partial charge on any atom is -0.459 e. The molecule has 2 aliphatic rings. The van der Waals surface area contributed by atoms with Gasteiger partial charge in [-0.15, -0.1) is 11.3 Å². The van der Waals surface area contributed by atoms with Gasteiger partial charge in [-0.1, -0.05) is 0 Å². The van der Waals surface area contributed by atoms with E-state index in [1.54, 1.807) is 12.1 Å². The Hall–Kier alpha value is -1.63. The summed E-state index contributed by atoms with van der Waals surface area (Å²) in [4.78, 5) is 16.1. The van der Waals surface area contributed by atoms with Crippen LogP contribution in [-0.2, 0) is 11.3 Å². The minimum atomic E-state index is -0.146. The van der Waals surface area contributed by atoms with Crippen molar-refractivity contribution in [1.82, 2.24) is 10.2 Å². The summed E-state index contributed by atoms with van der Waals surface area (Å²) in [7, 11) is 0. The van der Waals surface area contributed by atoms with Crippen molar-refractivity contribution in [3.8, 4) is 0 Å². The van der Waals surface area contributed by atoms with Crippen molar-refractivity contribution in [2.24, 2.45) is 11.3 Å². The maximum absolute atomic E-state index is 12.2. The monoisotopic (exact) mass is 346 g/mol. The van der Waals surface area contributed by atoms with Gasteiger partial charge >= 0.3 is 0 Å². The summed E-state index contributed by atoms with van der Waals surface area (Å²) >= 11 is 1.82. The average Bonchev–Trinajstić information content (AvgIpc) is 3.31. The molecular weight excluding hydrogens is 324 g/mol. The van der Waals surface area contributed by atoms with E-state index in [4.69, 9.17) is 9.15 Å². The van der Waals surface area contributed by atoms with Crippen LogP contribution in [0, 0.1) is 18.3 Å². The summed E-state index contributed by atoms with van der Waals surface area (Å²) in [6.45, 7) is 7.31. The first-order valence-corrected chi connectivity index (χ1v) is 9.19. The van der Waals surface area contributed by atoms with E-state index in [-0.39, 0.29) is 11.3 Å². The standard InChI is InChI=1S/C18H22N2O3S/c1-13-4-6-24-16(13)8-20-7-14-9-22-12-18(14,11-20)10-19-17(21)15-3-2-5-23-15/h2-6,14H,7-12H2,1H3,(H,19,21)/t14-,18+/m1/s1. The van der Waals surface area contributed by atoms with Crippen LogP contribution in [0.15, 0.2) is 34.3 Å². The normalized spacial score (nSPS) is 26.6. The molecule has 0 aliphatic carbocycles. The second kappa shape index (κ2) is 6.35. The van der Waals surface area contributed by atoms with Gasteiger partial charge < -0.3 is 14.5 Å². The Bertz CT molecular complexity index is 712. The second-order valence-corrected chi connectivity index (χ2v) is 7.93. The zero-order valence-corrected chi connectivity index (χ0v) is 14.6. The molecule has 2 aromatic heterocycles. The molecule has 4 rings (SSSR count). The topological polar surface area (TPSA) is 54.7 Å². The molecule has 24 heavy (non-hydrogen) atoms. The molecule has 4 heterocycles. The number of nitrogens with zero attached hydrogens (tertiary/aromatic N) is 1. The van der Waals surface area contributed by atoms with Crippen molar-refractivity contribution in [3.05, 3.63) is 46.0 Å². The zero-order valence-electron chi connectivity index (χ0n) is 13.8. The molecule has 2 fully saturated rings. The van der Waals surface area contributed by atoms with Crippen LogP contribution in [0.2, 0.25) is 0 Å². The molecule has 2 atom stereocenters. The Kier molecular flexibility index (Phi) is 4.20. The maximum Gasteiger partial charge on any atom is 0.286 e. The number of carbonyl (C=O) groups excluding carboxylic acids is 1. The van der Waals surface area contributed by atoms with E-state index < -0.39 is 0 Å². The summed E-state index contributed by atoms with van der Waals surface area (Å²) in [5.74, 6) is 0.702. The number of amides is 1. The molecule has 0 spiro atoms. The minimum absolute atomic E-state index is 0.0212. The highest BCUT2D eigenvalue weighted by Crippen LogP contribution is 2.41. The largest absolute Gasteiger partial charge is 0.459 e. The van der Waals surface area contributed by atoms with Crippen LogP contribution in [0.25, 0.3) is 0 Å². The lowest BCUT2D eigenvalue weighted by Crippen LogP contribution is -2.43. The van der Waals surface area contributed by atoms with Gasteiger partial charge in [-0.25, -0.2) is 0 Å². The number of hydrogen-bond acceptors (Lipinski definition) is 5. The third-order valence-corrected chi connectivity index (χ3v) is 6.28. The maximum atomic E-state index is 12.2. The smallest absolute Gasteiger partial charge is 0.286 e. The van der Waals surface area contributed by atoms with E-state index in [0.29, 0.717) is 18.2 Å². The average molecular weight is 346 g/mol. The number of thiophene rings is 1. The molecule has 6 heteroatoms. The number of aryl methyl sites for hydroxylation is 1. The highest BCUT2D eigenvalue weighted by Gasteiger charge is 2.50. The van der Waals surface area contributed by atoms with Crippen LogP contribution in [-0.4, -0.2) is 43.7 Å². The Labute approximate surface area is 145 Å². The number of rotatable bonds is 5. The zero-order chi connectivity index (χ0) is 16.6. The van der Waals surface area contributed by atoms with Gasteiger partial charge in [-0.05, 0) is 36.1 Å². The highest BCUT2D eigenvalue weighted by atomic mass is 32.1. The van der Waals surface area contributed by atoms with Gasteiger partial charge in [0.05, 0.1) is 19.5 Å². The van der Waals surface area contributed by atoms with Crippen LogP contribution < -0.4 is 5.32 Å². The first-order chi connectivity index (χ1) is 11.7. The Morgan fingerprint density at radius 3 is 3.17 bits per heavy atom. The predicted molar refractivity (Wildman–Crippen MR) is 92.1 cm³/mol. The summed E-state index contributed by atoms with van der Waals surface area (Å²) in [6, 6.07) is 5.60. The molecular formula is C18H22N2O3S. The third-order valence-electron chi connectivity index (χ3n) is 5.27. The highest BCUT2D eigenvalue weighted by molar-refractivity contribution is 7.10. The molecule has 0 aromatic carbocycles. The van der Waals surface area contributed by atoms with Gasteiger partial charge in [0.2, 0.25) is 0 Å². The number of ether oxygens (including phenoxy) is 1. The quantitative estimate of drug-likeness (QED) is 0.904. The molecule has 2 saturated heterocycles. The fourth-order valence-electron chi connectivity index (χ4n) is 3.83. The van der Waals surface area contributed by atoms with E-state index in [1.165, 1.54) is 16.7 Å². The van der Waals surface area contributed by atoms with Crippen molar-refractivity contribution in [2.75, 3.05) is 32.8 Å². The third kappa shape index (κ3) is 2.90. The van der Waals surface area contributed by atoms with Gasteiger partial charge in [0.25, 0.3) is 5.91 Å². The number of carbonyl (C=O) groups is 1.